The van der Waals surface area contributed by atoms with Crippen molar-refractivity contribution in [3.05, 3.63) is 62.9 Å². The molecule has 1 heterocycles. The minimum Gasteiger partial charge on any atom is -0.267 e. The zero-order valence-corrected chi connectivity index (χ0v) is 12.2. The Labute approximate surface area is 130 Å². The van der Waals surface area contributed by atoms with Crippen molar-refractivity contribution in [3.63, 3.8) is 0 Å². The van der Waals surface area contributed by atoms with Crippen molar-refractivity contribution in [1.82, 2.24) is 10.4 Å². The lowest BCUT2D eigenvalue weighted by atomic mass is 10.2. The molecular weight excluding hydrogens is 321 g/mol. The monoisotopic (exact) mass is 327 g/mol. The molecule has 0 radical (unpaired) electrons. The summed E-state index contributed by atoms with van der Waals surface area (Å²) in [4.78, 5) is 15.6. The Morgan fingerprint density at radius 1 is 1.20 bits per heavy atom. The van der Waals surface area contributed by atoms with Crippen LogP contribution in [0.1, 0.15) is 15.9 Å². The van der Waals surface area contributed by atoms with E-state index in [1.54, 1.807) is 30.5 Å². The van der Waals surface area contributed by atoms with Gasteiger partial charge in [-0.1, -0.05) is 34.8 Å². The van der Waals surface area contributed by atoms with Gasteiger partial charge in [0.25, 0.3) is 5.91 Å². The van der Waals surface area contributed by atoms with E-state index in [9.17, 15) is 4.79 Å². The van der Waals surface area contributed by atoms with Crippen molar-refractivity contribution in [1.29, 1.82) is 0 Å². The van der Waals surface area contributed by atoms with E-state index in [1.165, 1.54) is 12.4 Å². The molecule has 0 aliphatic rings. The number of hydrogen-bond donors (Lipinski definition) is 1. The first kappa shape index (κ1) is 14.8. The summed E-state index contributed by atoms with van der Waals surface area (Å²) in [6, 6.07) is 6.46. The molecule has 0 atom stereocenters. The Hall–Kier alpha value is -1.62. The summed E-state index contributed by atoms with van der Waals surface area (Å²) in [6.45, 7) is 0. The van der Waals surface area contributed by atoms with Gasteiger partial charge >= 0.3 is 0 Å². The number of amides is 1. The van der Waals surface area contributed by atoms with Gasteiger partial charge in [0.1, 0.15) is 0 Å². The first-order valence-electron chi connectivity index (χ1n) is 5.46. The third-order valence-electron chi connectivity index (χ3n) is 2.36. The van der Waals surface area contributed by atoms with Gasteiger partial charge in [0.15, 0.2) is 0 Å². The maximum atomic E-state index is 11.7. The molecule has 102 valence electrons. The molecule has 0 aliphatic heterocycles. The SMILES string of the molecule is O=C(N/N=C\c1c(Cl)ccc(Cl)c1Cl)c1cccnc1. The number of nitrogens with zero attached hydrogens (tertiary/aromatic N) is 2. The number of carbonyl (C=O) groups excluding carboxylic acids is 1. The maximum Gasteiger partial charge on any atom is 0.272 e. The number of nitrogens with one attached hydrogen (secondary N) is 1. The van der Waals surface area contributed by atoms with Crippen LogP contribution in [0.15, 0.2) is 41.8 Å². The Morgan fingerprint density at radius 3 is 2.65 bits per heavy atom. The lowest BCUT2D eigenvalue weighted by Gasteiger charge is -2.03. The molecule has 4 nitrogen and oxygen atoms in total. The molecule has 1 aromatic heterocycles. The van der Waals surface area contributed by atoms with Gasteiger partial charge in [-0.05, 0) is 24.3 Å². The number of aromatic nitrogens is 1. The molecule has 0 saturated carbocycles. The lowest BCUT2D eigenvalue weighted by molar-refractivity contribution is 0.0955. The summed E-state index contributed by atoms with van der Waals surface area (Å²) in [5.74, 6) is -0.386. The van der Waals surface area contributed by atoms with E-state index >= 15 is 0 Å². The lowest BCUT2D eigenvalue weighted by Crippen LogP contribution is -2.17. The predicted molar refractivity (Wildman–Crippen MR) is 80.8 cm³/mol. The highest BCUT2D eigenvalue weighted by atomic mass is 35.5. The van der Waals surface area contributed by atoms with E-state index in [2.05, 4.69) is 15.5 Å². The van der Waals surface area contributed by atoms with Crippen molar-refractivity contribution in [2.45, 2.75) is 0 Å². The van der Waals surface area contributed by atoms with Crippen LogP contribution in [-0.2, 0) is 0 Å². The molecular formula is C13H8Cl3N3O. The maximum absolute atomic E-state index is 11.7. The van der Waals surface area contributed by atoms with Gasteiger partial charge in [-0.2, -0.15) is 5.10 Å². The number of carbonyl (C=O) groups is 1. The molecule has 0 spiro atoms. The third kappa shape index (κ3) is 3.48. The summed E-state index contributed by atoms with van der Waals surface area (Å²) in [7, 11) is 0. The molecule has 0 fully saturated rings. The van der Waals surface area contributed by atoms with Gasteiger partial charge in [-0.25, -0.2) is 5.43 Å². The smallest absolute Gasteiger partial charge is 0.267 e. The van der Waals surface area contributed by atoms with Crippen LogP contribution in [0.25, 0.3) is 0 Å². The van der Waals surface area contributed by atoms with Crippen LogP contribution < -0.4 is 5.43 Å². The second-order valence-electron chi connectivity index (χ2n) is 3.70. The second-order valence-corrected chi connectivity index (χ2v) is 4.89. The quantitative estimate of drug-likeness (QED) is 0.529. The number of hydrogen-bond acceptors (Lipinski definition) is 3. The highest BCUT2D eigenvalue weighted by Gasteiger charge is 2.08. The minimum atomic E-state index is -0.386. The Balaban J connectivity index is 2.12. The Bertz CT molecular complexity index is 659. The summed E-state index contributed by atoms with van der Waals surface area (Å²) in [5, 5.41) is 4.82. The van der Waals surface area contributed by atoms with Crippen molar-refractivity contribution in [2.75, 3.05) is 0 Å². The predicted octanol–water partition coefficient (Wildman–Crippen LogP) is 3.81. The van der Waals surface area contributed by atoms with E-state index in [0.29, 0.717) is 21.2 Å². The Morgan fingerprint density at radius 2 is 1.95 bits per heavy atom. The fourth-order valence-corrected chi connectivity index (χ4v) is 2.01. The third-order valence-corrected chi connectivity index (χ3v) is 3.51. The van der Waals surface area contributed by atoms with Gasteiger partial charge in [0.2, 0.25) is 0 Å². The molecule has 2 rings (SSSR count). The van der Waals surface area contributed by atoms with E-state index in [4.69, 9.17) is 34.8 Å². The minimum absolute atomic E-state index is 0.276. The average molecular weight is 329 g/mol. The van der Waals surface area contributed by atoms with E-state index in [0.717, 1.165) is 0 Å². The van der Waals surface area contributed by atoms with Gasteiger partial charge in [0, 0.05) is 18.0 Å². The normalized spacial score (nSPS) is 10.8. The number of rotatable bonds is 3. The van der Waals surface area contributed by atoms with Crippen LogP contribution in [0, 0.1) is 0 Å². The zero-order valence-electron chi connectivity index (χ0n) is 9.98. The summed E-state index contributed by atoms with van der Waals surface area (Å²) in [6.07, 6.45) is 4.35. The standard InChI is InChI=1S/C13H8Cl3N3O/c14-10-3-4-11(15)12(16)9(10)7-18-19-13(20)8-2-1-5-17-6-8/h1-7H,(H,19,20)/b18-7-. The summed E-state index contributed by atoms with van der Waals surface area (Å²) >= 11 is 17.9. The first-order valence-corrected chi connectivity index (χ1v) is 6.60. The van der Waals surface area contributed by atoms with E-state index < -0.39 is 0 Å². The fourth-order valence-electron chi connectivity index (χ4n) is 1.38. The molecule has 20 heavy (non-hydrogen) atoms. The molecule has 2 aromatic rings. The fraction of sp³-hybridized carbons (Fsp3) is 0. The average Bonchev–Trinajstić information content (AvgIpc) is 2.47. The van der Waals surface area contributed by atoms with Crippen molar-refractivity contribution < 1.29 is 4.79 Å². The first-order chi connectivity index (χ1) is 9.59. The van der Waals surface area contributed by atoms with Gasteiger partial charge in [-0.3, -0.25) is 9.78 Å². The molecule has 0 aliphatic carbocycles. The van der Waals surface area contributed by atoms with Crippen molar-refractivity contribution >= 4 is 46.9 Å². The molecule has 0 unspecified atom stereocenters. The zero-order chi connectivity index (χ0) is 14.5. The van der Waals surface area contributed by atoms with Crippen LogP contribution in [0.3, 0.4) is 0 Å². The van der Waals surface area contributed by atoms with Gasteiger partial charge in [0.05, 0.1) is 26.8 Å². The molecule has 1 N–H and O–H groups in total. The van der Waals surface area contributed by atoms with Gasteiger partial charge in [-0.15, -0.1) is 0 Å². The van der Waals surface area contributed by atoms with Gasteiger partial charge < -0.3 is 0 Å². The van der Waals surface area contributed by atoms with Crippen LogP contribution >= 0.6 is 34.8 Å². The summed E-state index contributed by atoms with van der Waals surface area (Å²) in [5.41, 5.74) is 3.19. The van der Waals surface area contributed by atoms with E-state index in [-0.39, 0.29) is 10.9 Å². The van der Waals surface area contributed by atoms with Crippen LogP contribution in [-0.4, -0.2) is 17.1 Å². The highest BCUT2D eigenvalue weighted by molar-refractivity contribution is 6.45. The molecule has 0 saturated heterocycles. The van der Waals surface area contributed by atoms with Crippen LogP contribution in [0.2, 0.25) is 15.1 Å². The van der Waals surface area contributed by atoms with Crippen molar-refractivity contribution in [3.8, 4) is 0 Å². The van der Waals surface area contributed by atoms with Crippen LogP contribution in [0.5, 0.6) is 0 Å². The van der Waals surface area contributed by atoms with Crippen LogP contribution in [0.4, 0.5) is 0 Å². The number of pyridine rings is 1. The van der Waals surface area contributed by atoms with Crippen molar-refractivity contribution in [2.24, 2.45) is 5.10 Å². The molecule has 7 heteroatoms. The molecule has 0 bridgehead atoms. The summed E-state index contributed by atoms with van der Waals surface area (Å²) < 4.78 is 0. The largest absolute Gasteiger partial charge is 0.272 e. The second kappa shape index (κ2) is 6.70. The molecule has 1 amide bonds. The highest BCUT2D eigenvalue weighted by Crippen LogP contribution is 2.29. The number of benzene rings is 1. The number of hydrazone groups is 1. The molecule has 1 aromatic carbocycles. The Kier molecular flexibility index (Phi) is 4.95. The number of halogens is 3. The van der Waals surface area contributed by atoms with E-state index in [1.807, 2.05) is 0 Å². The topological polar surface area (TPSA) is 54.4 Å².